The molecule has 0 bridgehead atoms. The second-order valence-corrected chi connectivity index (χ2v) is 3.91. The topological polar surface area (TPSA) is 39.7 Å². The van der Waals surface area contributed by atoms with Crippen molar-refractivity contribution >= 4 is 5.96 Å². The van der Waals surface area contributed by atoms with Gasteiger partial charge in [-0.05, 0) is 12.0 Å². The Hall–Kier alpha value is -1.55. The summed E-state index contributed by atoms with van der Waals surface area (Å²) in [7, 11) is 2.04. The van der Waals surface area contributed by atoms with Crippen LogP contribution in [-0.4, -0.2) is 37.5 Å². The van der Waals surface area contributed by atoms with Crippen molar-refractivity contribution < 1.29 is 0 Å². The third-order valence-electron chi connectivity index (χ3n) is 2.64. The van der Waals surface area contributed by atoms with Gasteiger partial charge in [0.05, 0.1) is 6.54 Å². The van der Waals surface area contributed by atoms with Crippen LogP contribution in [0.4, 0.5) is 0 Å². The molecule has 0 fully saturated rings. The summed E-state index contributed by atoms with van der Waals surface area (Å²) in [5.41, 5.74) is 7.66. The van der Waals surface area contributed by atoms with Crippen molar-refractivity contribution in [3.8, 4) is 0 Å². The Morgan fingerprint density at radius 1 is 1.31 bits per heavy atom. The van der Waals surface area contributed by atoms with Crippen LogP contribution in [0.15, 0.2) is 35.3 Å². The fraction of sp³-hybridized carbons (Fsp3) is 0.417. The Morgan fingerprint density at radius 3 is 2.81 bits per heavy atom. The number of hydrogen-bond donors (Lipinski definition) is 2. The zero-order chi connectivity index (χ0) is 11.2. The summed E-state index contributed by atoms with van der Waals surface area (Å²) >= 11 is 0. The van der Waals surface area contributed by atoms with E-state index in [1.54, 1.807) is 0 Å². The number of hydrogen-bond acceptors (Lipinski definition) is 4. The molecule has 0 aliphatic carbocycles. The Morgan fingerprint density at radius 2 is 2.12 bits per heavy atom. The molecule has 1 aliphatic heterocycles. The summed E-state index contributed by atoms with van der Waals surface area (Å²) in [6, 6.07) is 10.5. The molecule has 1 aromatic rings. The lowest BCUT2D eigenvalue weighted by molar-refractivity contribution is 0.511. The summed E-state index contributed by atoms with van der Waals surface area (Å²) in [5.74, 6) is 0.938. The zero-order valence-electron chi connectivity index (χ0n) is 9.61. The van der Waals surface area contributed by atoms with E-state index in [1.807, 2.05) is 13.1 Å². The maximum absolute atomic E-state index is 4.33. The predicted molar refractivity (Wildman–Crippen MR) is 66.2 cm³/mol. The highest BCUT2D eigenvalue weighted by Crippen LogP contribution is 1.98. The minimum atomic E-state index is 0.888. The molecule has 1 heterocycles. The smallest absolute Gasteiger partial charge is 0.208 e. The van der Waals surface area contributed by atoms with E-state index in [1.165, 1.54) is 5.56 Å². The first-order valence-electron chi connectivity index (χ1n) is 5.64. The van der Waals surface area contributed by atoms with Crippen molar-refractivity contribution in [2.24, 2.45) is 4.99 Å². The molecule has 4 nitrogen and oxygen atoms in total. The number of benzene rings is 1. The Balaban J connectivity index is 1.66. The molecule has 0 radical (unpaired) electrons. The molecule has 0 unspecified atom stereocenters. The van der Waals surface area contributed by atoms with E-state index in [-0.39, 0.29) is 0 Å². The molecule has 0 spiro atoms. The van der Waals surface area contributed by atoms with Crippen LogP contribution in [0.5, 0.6) is 0 Å². The molecule has 0 atom stereocenters. The number of aliphatic imine (C=N–C) groups is 1. The van der Waals surface area contributed by atoms with Crippen LogP contribution < -0.4 is 10.9 Å². The summed E-state index contributed by atoms with van der Waals surface area (Å²) < 4.78 is 0. The zero-order valence-corrected chi connectivity index (χ0v) is 9.61. The maximum atomic E-state index is 4.33. The predicted octanol–water partition coefficient (Wildman–Crippen LogP) is 0.625. The van der Waals surface area contributed by atoms with Crippen molar-refractivity contribution in [1.29, 1.82) is 0 Å². The minimum absolute atomic E-state index is 0.888. The Kier molecular flexibility index (Phi) is 3.77. The van der Waals surface area contributed by atoms with Gasteiger partial charge in [-0.25, -0.2) is 5.43 Å². The van der Waals surface area contributed by atoms with Gasteiger partial charge in [0.1, 0.15) is 0 Å². The van der Waals surface area contributed by atoms with Gasteiger partial charge < -0.3 is 4.90 Å². The molecule has 1 aromatic carbocycles. The molecule has 4 heteroatoms. The van der Waals surface area contributed by atoms with Crippen LogP contribution in [0.1, 0.15) is 5.56 Å². The molecule has 1 aliphatic rings. The van der Waals surface area contributed by atoms with Gasteiger partial charge in [0.2, 0.25) is 5.96 Å². The maximum Gasteiger partial charge on any atom is 0.208 e. The lowest BCUT2D eigenvalue weighted by Gasteiger charge is -2.15. The standard InChI is InChI=1S/C12H18N4/c1-16-10-9-13-12(16)15-14-8-7-11-5-3-2-4-6-11/h2-6,14H,7-10H2,1H3,(H,13,15). The molecule has 86 valence electrons. The average molecular weight is 218 g/mol. The van der Waals surface area contributed by atoms with Crippen LogP contribution in [0.3, 0.4) is 0 Å². The summed E-state index contributed by atoms with van der Waals surface area (Å²) in [4.78, 5) is 6.44. The Bertz CT molecular complexity index is 347. The van der Waals surface area contributed by atoms with Crippen LogP contribution in [0.2, 0.25) is 0 Å². The average Bonchev–Trinajstić information content (AvgIpc) is 2.72. The first kappa shape index (κ1) is 11.0. The first-order chi connectivity index (χ1) is 7.86. The van der Waals surface area contributed by atoms with Gasteiger partial charge in [0.25, 0.3) is 0 Å². The quantitative estimate of drug-likeness (QED) is 0.575. The van der Waals surface area contributed by atoms with Crippen molar-refractivity contribution in [3.05, 3.63) is 35.9 Å². The van der Waals surface area contributed by atoms with Gasteiger partial charge in [-0.15, -0.1) is 0 Å². The minimum Gasteiger partial charge on any atom is -0.343 e. The molecule has 0 saturated carbocycles. The second kappa shape index (κ2) is 5.51. The number of likely N-dealkylation sites (N-methyl/N-ethyl adjacent to an activating group) is 1. The molecule has 0 saturated heterocycles. The van der Waals surface area contributed by atoms with Crippen molar-refractivity contribution in [1.82, 2.24) is 15.8 Å². The van der Waals surface area contributed by atoms with Crippen molar-refractivity contribution in [3.63, 3.8) is 0 Å². The second-order valence-electron chi connectivity index (χ2n) is 3.91. The van der Waals surface area contributed by atoms with Gasteiger partial charge >= 0.3 is 0 Å². The van der Waals surface area contributed by atoms with Crippen molar-refractivity contribution in [2.75, 3.05) is 26.7 Å². The van der Waals surface area contributed by atoms with E-state index < -0.39 is 0 Å². The highest BCUT2D eigenvalue weighted by molar-refractivity contribution is 5.80. The largest absolute Gasteiger partial charge is 0.343 e. The van der Waals surface area contributed by atoms with Crippen LogP contribution in [-0.2, 0) is 6.42 Å². The number of hydrazine groups is 1. The van der Waals surface area contributed by atoms with Gasteiger partial charge in [-0.1, -0.05) is 30.3 Å². The van der Waals surface area contributed by atoms with Gasteiger partial charge in [0.15, 0.2) is 0 Å². The molecule has 16 heavy (non-hydrogen) atoms. The lowest BCUT2D eigenvalue weighted by atomic mass is 10.2. The van der Waals surface area contributed by atoms with E-state index in [2.05, 4.69) is 45.0 Å². The number of nitrogens with one attached hydrogen (secondary N) is 2. The number of nitrogens with zero attached hydrogens (tertiary/aromatic N) is 2. The fourth-order valence-electron chi connectivity index (χ4n) is 1.66. The monoisotopic (exact) mass is 218 g/mol. The van der Waals surface area contributed by atoms with E-state index in [9.17, 15) is 0 Å². The molecule has 0 aromatic heterocycles. The van der Waals surface area contributed by atoms with E-state index >= 15 is 0 Å². The van der Waals surface area contributed by atoms with E-state index in [0.717, 1.165) is 32.0 Å². The van der Waals surface area contributed by atoms with Gasteiger partial charge in [-0.2, -0.15) is 0 Å². The third-order valence-corrected chi connectivity index (χ3v) is 2.64. The van der Waals surface area contributed by atoms with Crippen molar-refractivity contribution in [2.45, 2.75) is 6.42 Å². The SMILES string of the molecule is CN1CCN=C1NNCCc1ccccc1. The highest BCUT2D eigenvalue weighted by atomic mass is 15.5. The first-order valence-corrected chi connectivity index (χ1v) is 5.64. The van der Waals surface area contributed by atoms with E-state index in [4.69, 9.17) is 0 Å². The lowest BCUT2D eigenvalue weighted by Crippen LogP contribution is -2.44. The number of guanidine groups is 1. The molecular formula is C12H18N4. The molecule has 0 amide bonds. The number of rotatable bonds is 4. The molecule has 2 rings (SSSR count). The van der Waals surface area contributed by atoms with E-state index in [0.29, 0.717) is 0 Å². The van der Waals surface area contributed by atoms with Gasteiger partial charge in [0, 0.05) is 20.1 Å². The summed E-state index contributed by atoms with van der Waals surface area (Å²) in [6.45, 7) is 2.79. The molecule has 2 N–H and O–H groups in total. The fourth-order valence-corrected chi connectivity index (χ4v) is 1.66. The van der Waals surface area contributed by atoms with Crippen LogP contribution in [0, 0.1) is 0 Å². The summed E-state index contributed by atoms with van der Waals surface area (Å²) in [5, 5.41) is 0. The van der Waals surface area contributed by atoms with Gasteiger partial charge in [-0.3, -0.25) is 10.4 Å². The highest BCUT2D eigenvalue weighted by Gasteiger charge is 2.10. The Labute approximate surface area is 96.3 Å². The summed E-state index contributed by atoms with van der Waals surface area (Å²) in [6.07, 6.45) is 1.02. The third kappa shape index (κ3) is 2.97. The van der Waals surface area contributed by atoms with Crippen LogP contribution in [0.25, 0.3) is 0 Å². The normalized spacial score (nSPS) is 15.1. The molecular weight excluding hydrogens is 200 g/mol. The van der Waals surface area contributed by atoms with Crippen LogP contribution >= 0.6 is 0 Å².